The van der Waals surface area contributed by atoms with Gasteiger partial charge in [0.05, 0.1) is 12.8 Å². The van der Waals surface area contributed by atoms with Crippen molar-refractivity contribution in [1.29, 1.82) is 0 Å². The second-order valence-electron chi connectivity index (χ2n) is 20.8. The number of nitrogens with one attached hydrogen (secondary N) is 1. The predicted octanol–water partition coefficient (Wildman–Crippen LogP) is 8.83. The van der Waals surface area contributed by atoms with Crippen molar-refractivity contribution in [3.63, 3.8) is 0 Å². The lowest BCUT2D eigenvalue weighted by Crippen LogP contribution is -2.67. The molecule has 50 heavy (non-hydrogen) atoms. The monoisotopic (exact) mass is 695 g/mol. The van der Waals surface area contributed by atoms with Crippen LogP contribution in [-0.2, 0) is 19.1 Å². The first-order chi connectivity index (χ1) is 23.2. The molecule has 6 aliphatic carbocycles. The van der Waals surface area contributed by atoms with Crippen LogP contribution in [0.2, 0.25) is 0 Å². The summed E-state index contributed by atoms with van der Waals surface area (Å²) in [6.45, 7) is 23.0. The van der Waals surface area contributed by atoms with Gasteiger partial charge in [-0.05, 0) is 147 Å². The van der Waals surface area contributed by atoms with Crippen molar-refractivity contribution in [2.75, 3.05) is 0 Å². The van der Waals surface area contributed by atoms with Gasteiger partial charge in [-0.15, -0.1) is 0 Å². The number of nitrogens with two attached hydrogens (primary N) is 1. The Morgan fingerprint density at radius 1 is 0.860 bits per heavy atom. The molecule has 0 aromatic heterocycles. The third-order valence-corrected chi connectivity index (χ3v) is 17.1. The summed E-state index contributed by atoms with van der Waals surface area (Å²) in [4.78, 5) is 38.4. The molecule has 6 rings (SSSR count). The van der Waals surface area contributed by atoms with Crippen molar-refractivity contribution in [3.8, 4) is 0 Å². The Bertz CT molecular complexity index is 1370. The van der Waals surface area contributed by atoms with E-state index in [4.69, 9.17) is 10.5 Å². The van der Waals surface area contributed by atoms with Crippen LogP contribution in [0.25, 0.3) is 0 Å². The average molecular weight is 695 g/mol. The van der Waals surface area contributed by atoms with Gasteiger partial charge in [0, 0.05) is 23.9 Å². The lowest BCUT2D eigenvalue weighted by molar-refractivity contribution is -0.250. The number of hydrogen-bond acceptors (Lipinski definition) is 5. The van der Waals surface area contributed by atoms with Crippen LogP contribution in [0.5, 0.6) is 0 Å². The molecule has 0 aliphatic heterocycles. The molecule has 12 atom stereocenters. The van der Waals surface area contributed by atoms with E-state index in [1.54, 1.807) is 0 Å². The van der Waals surface area contributed by atoms with E-state index in [9.17, 15) is 19.5 Å². The first kappa shape index (κ1) is 37.9. The summed E-state index contributed by atoms with van der Waals surface area (Å²) in [5, 5.41) is 12.8. The van der Waals surface area contributed by atoms with Crippen LogP contribution >= 0.6 is 0 Å². The molecule has 282 valence electrons. The summed E-state index contributed by atoms with van der Waals surface area (Å²) in [6.07, 6.45) is 14.8. The summed E-state index contributed by atoms with van der Waals surface area (Å²) >= 11 is 0. The molecular formula is C43H70N2O5. The molecule has 0 heterocycles. The molecule has 6 fully saturated rings. The van der Waals surface area contributed by atoms with Crippen LogP contribution in [0.15, 0.2) is 12.2 Å². The molecule has 0 aromatic rings. The van der Waals surface area contributed by atoms with Gasteiger partial charge in [0.1, 0.15) is 6.10 Å². The summed E-state index contributed by atoms with van der Waals surface area (Å²) < 4.78 is 6.28. The Labute approximate surface area is 303 Å². The maximum Gasteiger partial charge on any atom is 0.306 e. The number of esters is 1. The number of hydrogen-bond donors (Lipinski definition) is 3. The highest BCUT2D eigenvalue weighted by molar-refractivity contribution is 5.77. The predicted molar refractivity (Wildman–Crippen MR) is 198 cm³/mol. The summed E-state index contributed by atoms with van der Waals surface area (Å²) in [7, 11) is 0. The van der Waals surface area contributed by atoms with Crippen LogP contribution < -0.4 is 11.1 Å². The highest BCUT2D eigenvalue weighted by Gasteiger charge is 2.71. The fourth-order valence-corrected chi connectivity index (χ4v) is 14.6. The number of ether oxygens (including phenoxy) is 1. The zero-order valence-electron chi connectivity index (χ0n) is 32.8. The van der Waals surface area contributed by atoms with Crippen molar-refractivity contribution >= 4 is 17.8 Å². The van der Waals surface area contributed by atoms with Gasteiger partial charge in [0.2, 0.25) is 5.91 Å². The van der Waals surface area contributed by atoms with Crippen molar-refractivity contribution in [3.05, 3.63) is 12.2 Å². The number of carboxylic acids is 1. The lowest BCUT2D eigenvalue weighted by Gasteiger charge is -2.73. The second kappa shape index (κ2) is 12.9. The summed E-state index contributed by atoms with van der Waals surface area (Å²) in [5.74, 6) is 1.75. The second-order valence-corrected chi connectivity index (χ2v) is 20.8. The van der Waals surface area contributed by atoms with Gasteiger partial charge in [0.15, 0.2) is 0 Å². The lowest BCUT2D eigenvalue weighted by atomic mass is 9.32. The maximum atomic E-state index is 13.8. The van der Waals surface area contributed by atoms with E-state index in [1.165, 1.54) is 31.3 Å². The van der Waals surface area contributed by atoms with E-state index >= 15 is 0 Å². The molecule has 0 radical (unpaired) electrons. The van der Waals surface area contributed by atoms with Gasteiger partial charge >= 0.3 is 11.9 Å². The number of carbonyl (C=O) groups is 3. The maximum absolute atomic E-state index is 13.8. The molecule has 7 nitrogen and oxygen atoms in total. The number of aliphatic carboxylic acids is 1. The fourth-order valence-electron chi connectivity index (χ4n) is 14.6. The summed E-state index contributed by atoms with van der Waals surface area (Å²) in [5.41, 5.74) is 7.35. The molecular weight excluding hydrogens is 624 g/mol. The van der Waals surface area contributed by atoms with E-state index in [0.717, 1.165) is 57.8 Å². The largest absolute Gasteiger partial charge is 0.481 e. The number of fused-ring (bicyclic) bond motifs is 7. The Kier molecular flexibility index (Phi) is 9.77. The number of rotatable bonds is 9. The van der Waals surface area contributed by atoms with Gasteiger partial charge in [-0.25, -0.2) is 0 Å². The first-order valence-electron chi connectivity index (χ1n) is 20.3. The standard InChI is InChI=1S/C43H70N2O5/c1-26(2)29-14-19-43(23-34(46)45-28-11-10-27(44)22-28)21-20-41(8)30(37(29)43)12-13-32-40(7)17-16-33(39(5,6)31(40)15-18-42(32,41)9)50-36(49)25-38(3,4)24-35(47)48/h27-33,37H,1,10-25,44H2,2-9H3,(H,45,46)(H,47,48)/t27-,28-,29-,30+,31-,32+,33-,37+,40-,41+,42+,43+/m0/s1. The van der Waals surface area contributed by atoms with Crippen molar-refractivity contribution in [1.82, 2.24) is 5.32 Å². The smallest absolute Gasteiger partial charge is 0.306 e. The zero-order valence-corrected chi connectivity index (χ0v) is 32.8. The number of allylic oxidation sites excluding steroid dienone is 1. The Morgan fingerprint density at radius 2 is 1.58 bits per heavy atom. The highest BCUT2D eigenvalue weighted by atomic mass is 16.5. The van der Waals surface area contributed by atoms with Crippen molar-refractivity contribution < 1.29 is 24.2 Å². The third-order valence-electron chi connectivity index (χ3n) is 17.1. The minimum absolute atomic E-state index is 0.0468. The number of amides is 1. The Balaban J connectivity index is 1.22. The van der Waals surface area contributed by atoms with Gasteiger partial charge in [-0.3, -0.25) is 14.4 Å². The van der Waals surface area contributed by atoms with Crippen molar-refractivity contribution in [2.24, 2.45) is 67.8 Å². The van der Waals surface area contributed by atoms with E-state index < -0.39 is 11.4 Å². The van der Waals surface area contributed by atoms with Gasteiger partial charge in [-0.1, -0.05) is 60.6 Å². The molecule has 0 bridgehead atoms. The van der Waals surface area contributed by atoms with Gasteiger partial charge < -0.3 is 20.9 Å². The number of carbonyl (C=O) groups excluding carboxylic acids is 2. The van der Waals surface area contributed by atoms with Gasteiger partial charge in [-0.2, -0.15) is 0 Å². The Morgan fingerprint density at radius 3 is 2.22 bits per heavy atom. The third kappa shape index (κ3) is 6.19. The minimum atomic E-state index is -0.882. The van der Waals surface area contributed by atoms with Crippen LogP contribution in [0.3, 0.4) is 0 Å². The minimum Gasteiger partial charge on any atom is -0.481 e. The van der Waals surface area contributed by atoms with E-state index in [1.807, 2.05) is 13.8 Å². The molecule has 7 heteroatoms. The normalized spacial score (nSPS) is 45.0. The van der Waals surface area contributed by atoms with Gasteiger partial charge in [0.25, 0.3) is 0 Å². The molecule has 6 saturated carbocycles. The number of carboxylic acid groups (broad SMARTS) is 1. The summed E-state index contributed by atoms with van der Waals surface area (Å²) in [6, 6.07) is 0.448. The van der Waals surface area contributed by atoms with Crippen LogP contribution in [0.4, 0.5) is 0 Å². The molecule has 6 aliphatic rings. The molecule has 0 spiro atoms. The molecule has 1 amide bonds. The zero-order chi connectivity index (χ0) is 36.7. The van der Waals surface area contributed by atoms with Crippen LogP contribution in [-0.4, -0.2) is 41.1 Å². The van der Waals surface area contributed by atoms with E-state index in [-0.39, 0.29) is 70.0 Å². The molecule has 0 unspecified atom stereocenters. The topological polar surface area (TPSA) is 119 Å². The SMILES string of the molecule is C=C(C)[C@@H]1CC[C@]2(CC(=O)N[C@H]3CC[C@H](N)C3)CC[C@]3(C)[C@H](CC[C@@H]4[C@@]5(C)CC[C@H](OC(=O)CC(C)(C)CC(=O)O)C(C)(C)[C@@H]5CC[C@]43C)[C@@H]12. The molecule has 4 N–H and O–H groups in total. The van der Waals surface area contributed by atoms with E-state index in [2.05, 4.69) is 53.4 Å². The first-order valence-corrected chi connectivity index (χ1v) is 20.3. The van der Waals surface area contributed by atoms with E-state index in [0.29, 0.717) is 36.0 Å². The molecule has 0 aromatic carbocycles. The van der Waals surface area contributed by atoms with Crippen LogP contribution in [0, 0.1) is 62.1 Å². The average Bonchev–Trinajstić information content (AvgIpc) is 3.57. The van der Waals surface area contributed by atoms with Crippen LogP contribution in [0.1, 0.15) is 158 Å². The molecule has 0 saturated heterocycles. The quantitative estimate of drug-likeness (QED) is 0.164. The van der Waals surface area contributed by atoms with Crippen molar-refractivity contribution in [2.45, 2.75) is 176 Å². The Hall–Kier alpha value is -1.89. The highest BCUT2D eigenvalue weighted by Crippen LogP contribution is 2.78. The fraction of sp³-hybridized carbons (Fsp3) is 0.884.